The molecular formula is C23H25FN2O4. The lowest BCUT2D eigenvalue weighted by molar-refractivity contribution is -0.140. The third-order valence-electron chi connectivity index (χ3n) is 5.20. The second kappa shape index (κ2) is 8.67. The number of ether oxygens (including phenoxy) is 1. The number of aryl methyl sites for hydroxylation is 1. The fourth-order valence-electron chi connectivity index (χ4n) is 3.58. The summed E-state index contributed by atoms with van der Waals surface area (Å²) >= 11 is 0. The van der Waals surface area contributed by atoms with Gasteiger partial charge in [-0.15, -0.1) is 0 Å². The van der Waals surface area contributed by atoms with Crippen molar-refractivity contribution in [3.05, 3.63) is 70.5 Å². The van der Waals surface area contributed by atoms with E-state index in [0.717, 1.165) is 0 Å². The van der Waals surface area contributed by atoms with Crippen molar-refractivity contribution in [2.75, 3.05) is 34.3 Å². The van der Waals surface area contributed by atoms with Gasteiger partial charge < -0.3 is 19.6 Å². The Bertz CT molecular complexity index is 999. The summed E-state index contributed by atoms with van der Waals surface area (Å²) in [5, 5.41) is 11.1. The highest BCUT2D eigenvalue weighted by Crippen LogP contribution is 2.40. The number of carbonyl (C=O) groups is 2. The molecule has 1 amide bonds. The molecule has 0 aromatic heterocycles. The van der Waals surface area contributed by atoms with Gasteiger partial charge in [-0.05, 0) is 62.5 Å². The molecule has 1 aliphatic rings. The van der Waals surface area contributed by atoms with Crippen molar-refractivity contribution >= 4 is 17.4 Å². The highest BCUT2D eigenvalue weighted by molar-refractivity contribution is 6.46. The molecule has 1 N–H and O–H groups in total. The minimum absolute atomic E-state index is 0.00127. The molecule has 1 saturated heterocycles. The Morgan fingerprint density at radius 1 is 1.17 bits per heavy atom. The number of carbonyl (C=O) groups excluding carboxylic acids is 2. The number of likely N-dealkylation sites (N-methyl/N-ethyl adjacent to an activating group) is 1. The van der Waals surface area contributed by atoms with E-state index in [1.165, 1.54) is 29.2 Å². The van der Waals surface area contributed by atoms with Crippen LogP contribution >= 0.6 is 0 Å². The number of likely N-dealkylation sites (tertiary alicyclic amines) is 1. The third kappa shape index (κ3) is 4.07. The first-order valence-corrected chi connectivity index (χ1v) is 9.58. The van der Waals surface area contributed by atoms with Crippen LogP contribution in [0.2, 0.25) is 0 Å². The summed E-state index contributed by atoms with van der Waals surface area (Å²) in [5.41, 5.74) is 1.69. The fraction of sp³-hybridized carbons (Fsp3) is 0.304. The lowest BCUT2D eigenvalue weighted by atomic mass is 9.94. The molecule has 0 aliphatic carbocycles. The molecular weight excluding hydrogens is 387 g/mol. The number of ketones is 1. The van der Waals surface area contributed by atoms with E-state index in [1.54, 1.807) is 32.2 Å². The lowest BCUT2D eigenvalue weighted by Crippen LogP contribution is -2.35. The van der Waals surface area contributed by atoms with Crippen LogP contribution in [0.15, 0.2) is 48.0 Å². The molecule has 2 aromatic carbocycles. The summed E-state index contributed by atoms with van der Waals surface area (Å²) in [7, 11) is 5.27. The van der Waals surface area contributed by atoms with E-state index >= 15 is 0 Å². The predicted molar refractivity (Wildman–Crippen MR) is 112 cm³/mol. The van der Waals surface area contributed by atoms with Crippen LogP contribution in [-0.2, 0) is 9.59 Å². The summed E-state index contributed by atoms with van der Waals surface area (Å²) in [6, 6.07) is 9.89. The topological polar surface area (TPSA) is 70.1 Å². The normalized spacial score (nSPS) is 18.3. The molecule has 3 rings (SSSR count). The molecule has 6 nitrogen and oxygen atoms in total. The van der Waals surface area contributed by atoms with Gasteiger partial charge in [0.05, 0.1) is 18.7 Å². The second-order valence-electron chi connectivity index (χ2n) is 7.53. The smallest absolute Gasteiger partial charge is 0.295 e. The van der Waals surface area contributed by atoms with E-state index in [0.29, 0.717) is 29.0 Å². The van der Waals surface area contributed by atoms with Crippen molar-refractivity contribution in [3.63, 3.8) is 0 Å². The van der Waals surface area contributed by atoms with Gasteiger partial charge in [-0.3, -0.25) is 9.59 Å². The first kappa shape index (κ1) is 21.5. The number of nitrogens with zero attached hydrogens (tertiary/aromatic N) is 2. The van der Waals surface area contributed by atoms with Crippen LogP contribution in [0.3, 0.4) is 0 Å². The van der Waals surface area contributed by atoms with Gasteiger partial charge in [0.2, 0.25) is 0 Å². The summed E-state index contributed by atoms with van der Waals surface area (Å²) in [6.07, 6.45) is 0. The standard InChI is InChI=1S/C23H25FN2O4/c1-14-13-17(30-4)9-10-18(14)21(27)19-20(15-5-7-16(24)8-6-15)26(12-11-25(2)3)23(29)22(19)28/h5-10,13,20,27H,11-12H2,1-4H3/b21-19+/t20-/m1/s1. The zero-order valence-electron chi connectivity index (χ0n) is 17.5. The molecule has 0 radical (unpaired) electrons. The molecule has 0 bridgehead atoms. The van der Waals surface area contributed by atoms with Crippen molar-refractivity contribution in [2.45, 2.75) is 13.0 Å². The number of halogens is 1. The average molecular weight is 412 g/mol. The number of rotatable bonds is 6. The van der Waals surface area contributed by atoms with Gasteiger partial charge in [0.1, 0.15) is 17.3 Å². The molecule has 1 atom stereocenters. The van der Waals surface area contributed by atoms with Crippen LogP contribution in [0.4, 0.5) is 4.39 Å². The molecule has 30 heavy (non-hydrogen) atoms. The molecule has 1 aliphatic heterocycles. The summed E-state index contributed by atoms with van der Waals surface area (Å²) < 4.78 is 18.7. The maximum absolute atomic E-state index is 13.5. The van der Waals surface area contributed by atoms with Crippen molar-refractivity contribution < 1.29 is 23.8 Å². The number of hydrogen-bond acceptors (Lipinski definition) is 5. The number of amides is 1. The van der Waals surface area contributed by atoms with Crippen LogP contribution in [-0.4, -0.2) is 60.9 Å². The Balaban J connectivity index is 2.16. The van der Waals surface area contributed by atoms with Gasteiger partial charge in [0.25, 0.3) is 11.7 Å². The maximum atomic E-state index is 13.5. The van der Waals surface area contributed by atoms with Gasteiger partial charge >= 0.3 is 0 Å². The Morgan fingerprint density at radius 2 is 1.83 bits per heavy atom. The van der Waals surface area contributed by atoms with E-state index in [1.807, 2.05) is 19.0 Å². The molecule has 0 unspecified atom stereocenters. The second-order valence-corrected chi connectivity index (χ2v) is 7.53. The quantitative estimate of drug-likeness (QED) is 0.449. The van der Waals surface area contributed by atoms with Crippen molar-refractivity contribution in [2.24, 2.45) is 0 Å². The van der Waals surface area contributed by atoms with E-state index in [4.69, 9.17) is 4.74 Å². The van der Waals surface area contributed by atoms with Crippen LogP contribution in [0.25, 0.3) is 5.76 Å². The number of aliphatic hydroxyl groups excluding tert-OH is 1. The van der Waals surface area contributed by atoms with Gasteiger partial charge in [0.15, 0.2) is 0 Å². The first-order chi connectivity index (χ1) is 14.2. The molecule has 1 fully saturated rings. The Kier molecular flexibility index (Phi) is 6.22. The van der Waals surface area contributed by atoms with Crippen LogP contribution in [0, 0.1) is 12.7 Å². The van der Waals surface area contributed by atoms with Crippen molar-refractivity contribution in [3.8, 4) is 5.75 Å². The zero-order chi connectivity index (χ0) is 22.0. The molecule has 2 aromatic rings. The van der Waals surface area contributed by atoms with Gasteiger partial charge in [-0.1, -0.05) is 12.1 Å². The maximum Gasteiger partial charge on any atom is 0.295 e. The summed E-state index contributed by atoms with van der Waals surface area (Å²) in [5.74, 6) is -1.49. The van der Waals surface area contributed by atoms with Gasteiger partial charge in [-0.2, -0.15) is 0 Å². The van der Waals surface area contributed by atoms with E-state index < -0.39 is 23.5 Å². The highest BCUT2D eigenvalue weighted by Gasteiger charge is 2.46. The first-order valence-electron chi connectivity index (χ1n) is 9.58. The van der Waals surface area contributed by atoms with Gasteiger partial charge in [-0.25, -0.2) is 4.39 Å². The van der Waals surface area contributed by atoms with Gasteiger partial charge in [0, 0.05) is 18.7 Å². The fourth-order valence-corrected chi connectivity index (χ4v) is 3.58. The minimum Gasteiger partial charge on any atom is -0.507 e. The number of aliphatic hydroxyl groups is 1. The number of benzene rings is 2. The molecule has 7 heteroatoms. The van der Waals surface area contributed by atoms with Crippen molar-refractivity contribution in [1.82, 2.24) is 9.80 Å². The predicted octanol–water partition coefficient (Wildman–Crippen LogP) is 3.13. The average Bonchev–Trinajstić information content (AvgIpc) is 2.96. The zero-order valence-corrected chi connectivity index (χ0v) is 17.5. The van der Waals surface area contributed by atoms with E-state index in [-0.39, 0.29) is 17.9 Å². The largest absolute Gasteiger partial charge is 0.507 e. The van der Waals surface area contributed by atoms with E-state index in [2.05, 4.69) is 0 Å². The number of hydrogen-bond donors (Lipinski definition) is 1. The highest BCUT2D eigenvalue weighted by atomic mass is 19.1. The number of Topliss-reactive ketones (excluding diaryl/α,β-unsaturated/α-hetero) is 1. The molecule has 158 valence electrons. The Morgan fingerprint density at radius 3 is 2.40 bits per heavy atom. The SMILES string of the molecule is COc1ccc(/C(O)=C2\C(=O)C(=O)N(CCN(C)C)[C@@H]2c2ccc(F)cc2)c(C)c1. The summed E-state index contributed by atoms with van der Waals surface area (Å²) in [4.78, 5) is 29.1. The Labute approximate surface area is 175 Å². The lowest BCUT2D eigenvalue weighted by Gasteiger charge is -2.26. The minimum atomic E-state index is -0.799. The van der Waals surface area contributed by atoms with Crippen LogP contribution < -0.4 is 4.74 Å². The summed E-state index contributed by atoms with van der Waals surface area (Å²) in [6.45, 7) is 2.61. The van der Waals surface area contributed by atoms with E-state index in [9.17, 15) is 19.1 Å². The number of methoxy groups -OCH3 is 1. The monoisotopic (exact) mass is 412 g/mol. The molecule has 0 saturated carbocycles. The van der Waals surface area contributed by atoms with Crippen LogP contribution in [0.1, 0.15) is 22.7 Å². The third-order valence-corrected chi connectivity index (χ3v) is 5.20. The van der Waals surface area contributed by atoms with Crippen molar-refractivity contribution in [1.29, 1.82) is 0 Å². The Hall–Kier alpha value is -3.19. The molecule has 0 spiro atoms. The van der Waals surface area contributed by atoms with Crippen LogP contribution in [0.5, 0.6) is 5.75 Å². The molecule has 1 heterocycles.